The highest BCUT2D eigenvalue weighted by atomic mass is 35.5. The van der Waals surface area contributed by atoms with E-state index in [1.54, 1.807) is 0 Å². The molecule has 0 radical (unpaired) electrons. The molecule has 0 saturated carbocycles. The molecule has 0 aliphatic carbocycles. The van der Waals surface area contributed by atoms with Crippen molar-refractivity contribution in [2.45, 2.75) is 12.3 Å². The SMILES string of the molecule is O=C(Cl)C(F)(F)Cc1ccccc1O. The molecular formula is C9H7ClF2O2. The molecule has 0 saturated heterocycles. The molecule has 0 bridgehead atoms. The van der Waals surface area contributed by atoms with Crippen molar-refractivity contribution in [1.29, 1.82) is 0 Å². The second-order valence-electron chi connectivity index (χ2n) is 2.78. The third-order valence-electron chi connectivity index (χ3n) is 1.69. The fourth-order valence-corrected chi connectivity index (χ4v) is 1.04. The van der Waals surface area contributed by atoms with Gasteiger partial charge in [0.2, 0.25) is 0 Å². The molecule has 0 spiro atoms. The Morgan fingerprint density at radius 3 is 2.50 bits per heavy atom. The first kappa shape index (κ1) is 10.9. The summed E-state index contributed by atoms with van der Waals surface area (Å²) in [6.45, 7) is 0. The topological polar surface area (TPSA) is 37.3 Å². The summed E-state index contributed by atoms with van der Waals surface area (Å²) in [6.07, 6.45) is -0.887. The fourth-order valence-electron chi connectivity index (χ4n) is 0.969. The van der Waals surface area contributed by atoms with Crippen molar-refractivity contribution >= 4 is 16.8 Å². The van der Waals surface area contributed by atoms with E-state index in [1.165, 1.54) is 24.3 Å². The minimum absolute atomic E-state index is 0.00787. The van der Waals surface area contributed by atoms with Gasteiger partial charge < -0.3 is 5.11 Å². The normalized spacial score (nSPS) is 11.4. The van der Waals surface area contributed by atoms with Gasteiger partial charge in [-0.2, -0.15) is 8.78 Å². The van der Waals surface area contributed by atoms with Gasteiger partial charge in [-0.1, -0.05) is 18.2 Å². The van der Waals surface area contributed by atoms with E-state index in [0.717, 1.165) is 0 Å². The van der Waals surface area contributed by atoms with E-state index in [9.17, 15) is 13.6 Å². The lowest BCUT2D eigenvalue weighted by molar-refractivity contribution is -0.133. The van der Waals surface area contributed by atoms with Gasteiger partial charge in [0.05, 0.1) is 0 Å². The quantitative estimate of drug-likeness (QED) is 0.794. The van der Waals surface area contributed by atoms with Gasteiger partial charge in [0.15, 0.2) is 0 Å². The number of rotatable bonds is 3. The van der Waals surface area contributed by atoms with Crippen LogP contribution in [0.25, 0.3) is 0 Å². The average Bonchev–Trinajstić information content (AvgIpc) is 2.08. The number of benzene rings is 1. The molecule has 0 fully saturated rings. The standard InChI is InChI=1S/C9H7ClF2O2/c10-8(14)9(11,12)5-6-3-1-2-4-7(6)13/h1-4,13H,5H2. The Kier molecular flexibility index (Phi) is 3.06. The Labute approximate surface area is 84.1 Å². The highest BCUT2D eigenvalue weighted by molar-refractivity contribution is 6.65. The molecule has 0 atom stereocenters. The molecule has 0 amide bonds. The Morgan fingerprint density at radius 2 is 2.00 bits per heavy atom. The van der Waals surface area contributed by atoms with E-state index >= 15 is 0 Å². The average molecular weight is 221 g/mol. The van der Waals surface area contributed by atoms with Crippen LogP contribution in [-0.2, 0) is 11.2 Å². The number of halogens is 3. The van der Waals surface area contributed by atoms with Gasteiger partial charge in [-0.05, 0) is 17.7 Å². The Bertz CT molecular complexity index is 352. The van der Waals surface area contributed by atoms with Gasteiger partial charge >= 0.3 is 5.92 Å². The highest BCUT2D eigenvalue weighted by Gasteiger charge is 2.37. The molecule has 1 aromatic rings. The molecule has 0 aliphatic rings. The number of phenols is 1. The van der Waals surface area contributed by atoms with Crippen molar-refractivity contribution in [3.63, 3.8) is 0 Å². The molecule has 1 aromatic carbocycles. The lowest BCUT2D eigenvalue weighted by Crippen LogP contribution is -2.27. The van der Waals surface area contributed by atoms with Gasteiger partial charge in [0.25, 0.3) is 5.24 Å². The number of hydrogen-bond acceptors (Lipinski definition) is 2. The van der Waals surface area contributed by atoms with E-state index in [4.69, 9.17) is 16.7 Å². The fraction of sp³-hybridized carbons (Fsp3) is 0.222. The van der Waals surface area contributed by atoms with E-state index < -0.39 is 17.6 Å². The molecule has 0 heterocycles. The van der Waals surface area contributed by atoms with Crippen LogP contribution in [0.1, 0.15) is 5.56 Å². The number of carbonyl (C=O) groups is 1. The minimum Gasteiger partial charge on any atom is -0.508 e. The van der Waals surface area contributed by atoms with Crippen molar-refractivity contribution in [1.82, 2.24) is 0 Å². The molecule has 76 valence electrons. The molecule has 5 heteroatoms. The monoisotopic (exact) mass is 220 g/mol. The summed E-state index contributed by atoms with van der Waals surface area (Å²) in [6, 6.07) is 5.57. The maximum absolute atomic E-state index is 12.8. The molecule has 14 heavy (non-hydrogen) atoms. The van der Waals surface area contributed by atoms with Gasteiger partial charge in [0.1, 0.15) is 5.75 Å². The summed E-state index contributed by atoms with van der Waals surface area (Å²) >= 11 is 4.70. The Balaban J connectivity index is 2.89. The molecule has 0 aliphatic heterocycles. The number of carbonyl (C=O) groups excluding carboxylic acids is 1. The zero-order chi connectivity index (χ0) is 10.8. The van der Waals surface area contributed by atoms with Crippen LogP contribution in [0.4, 0.5) is 8.78 Å². The van der Waals surface area contributed by atoms with Crippen LogP contribution in [0, 0.1) is 0 Å². The molecule has 1 N–H and O–H groups in total. The van der Waals surface area contributed by atoms with Crippen molar-refractivity contribution in [2.75, 3.05) is 0 Å². The van der Waals surface area contributed by atoms with Crippen LogP contribution in [-0.4, -0.2) is 16.3 Å². The van der Waals surface area contributed by atoms with Gasteiger partial charge in [-0.15, -0.1) is 0 Å². The Hall–Kier alpha value is -1.16. The van der Waals surface area contributed by atoms with E-state index in [-0.39, 0.29) is 11.3 Å². The zero-order valence-corrected chi connectivity index (χ0v) is 7.76. The lowest BCUT2D eigenvalue weighted by Gasteiger charge is -2.11. The van der Waals surface area contributed by atoms with Gasteiger partial charge in [-0.25, -0.2) is 0 Å². The number of alkyl halides is 2. The summed E-state index contributed by atoms with van der Waals surface area (Å²) in [4.78, 5) is 10.3. The van der Waals surface area contributed by atoms with Crippen LogP contribution in [0.3, 0.4) is 0 Å². The molecular weight excluding hydrogens is 214 g/mol. The highest BCUT2D eigenvalue weighted by Crippen LogP contribution is 2.27. The van der Waals surface area contributed by atoms with Crippen molar-refractivity contribution in [3.05, 3.63) is 29.8 Å². The van der Waals surface area contributed by atoms with Crippen molar-refractivity contribution in [2.24, 2.45) is 0 Å². The summed E-state index contributed by atoms with van der Waals surface area (Å²) in [5, 5.41) is 7.45. The molecule has 2 nitrogen and oxygen atoms in total. The molecule has 0 unspecified atom stereocenters. The van der Waals surface area contributed by atoms with Crippen molar-refractivity contribution in [3.8, 4) is 5.75 Å². The number of aromatic hydroxyl groups is 1. The maximum atomic E-state index is 12.8. The second-order valence-corrected chi connectivity index (χ2v) is 3.13. The Morgan fingerprint density at radius 1 is 1.43 bits per heavy atom. The third kappa shape index (κ3) is 2.42. The second kappa shape index (κ2) is 3.92. The predicted molar refractivity (Wildman–Crippen MR) is 47.6 cm³/mol. The largest absolute Gasteiger partial charge is 0.508 e. The first-order valence-electron chi connectivity index (χ1n) is 3.78. The van der Waals surface area contributed by atoms with Crippen LogP contribution >= 0.6 is 11.6 Å². The predicted octanol–water partition coefficient (Wildman–Crippen LogP) is 2.34. The van der Waals surface area contributed by atoms with Crippen LogP contribution < -0.4 is 0 Å². The molecule has 0 aromatic heterocycles. The lowest BCUT2D eigenvalue weighted by atomic mass is 10.1. The summed E-state index contributed by atoms with van der Waals surface area (Å²) in [5.74, 6) is -3.91. The first-order chi connectivity index (χ1) is 6.43. The van der Waals surface area contributed by atoms with E-state index in [0.29, 0.717) is 0 Å². The third-order valence-corrected chi connectivity index (χ3v) is 1.97. The maximum Gasteiger partial charge on any atom is 0.324 e. The van der Waals surface area contributed by atoms with Crippen molar-refractivity contribution < 1.29 is 18.7 Å². The van der Waals surface area contributed by atoms with Gasteiger partial charge in [-0.3, -0.25) is 4.79 Å². The minimum atomic E-state index is -3.64. The molecule has 1 rings (SSSR count). The first-order valence-corrected chi connectivity index (χ1v) is 4.16. The smallest absolute Gasteiger partial charge is 0.324 e. The van der Waals surface area contributed by atoms with Crippen LogP contribution in [0.15, 0.2) is 24.3 Å². The number of phenolic OH excluding ortho intramolecular Hbond substituents is 1. The van der Waals surface area contributed by atoms with E-state index in [1.807, 2.05) is 0 Å². The van der Waals surface area contributed by atoms with Gasteiger partial charge in [0, 0.05) is 12.0 Å². The number of hydrogen-bond donors (Lipinski definition) is 1. The van der Waals surface area contributed by atoms with E-state index in [2.05, 4.69) is 0 Å². The van der Waals surface area contributed by atoms with Crippen LogP contribution in [0.5, 0.6) is 5.75 Å². The van der Waals surface area contributed by atoms with Crippen LogP contribution in [0.2, 0.25) is 0 Å². The summed E-state index contributed by atoms with van der Waals surface area (Å²) in [7, 11) is 0. The number of para-hydroxylation sites is 1. The zero-order valence-electron chi connectivity index (χ0n) is 7.01. The summed E-state index contributed by atoms with van der Waals surface area (Å²) in [5.41, 5.74) is -0.00787. The summed E-state index contributed by atoms with van der Waals surface area (Å²) < 4.78 is 25.6.